The van der Waals surface area contributed by atoms with Gasteiger partial charge in [-0.05, 0) is 6.92 Å². The Bertz CT molecular complexity index is 114. The third-order valence-corrected chi connectivity index (χ3v) is 0.499. The predicted molar refractivity (Wildman–Crippen MR) is 20.1 cm³/mol. The van der Waals surface area contributed by atoms with Crippen molar-refractivity contribution in [2.75, 3.05) is 0 Å². The molecule has 0 N–H and O–H groups in total. The van der Waals surface area contributed by atoms with Crippen molar-refractivity contribution in [1.29, 1.82) is 0 Å². The van der Waals surface area contributed by atoms with Gasteiger partial charge in [-0.15, -0.1) is 0 Å². The Morgan fingerprint density at radius 2 is 2.43 bits per heavy atom. The Morgan fingerprint density at radius 1 is 1.71 bits per heavy atom. The SMILES string of the molecule is Cc1cn[n-]n1.[K+]. The van der Waals surface area contributed by atoms with Crippen LogP contribution < -0.4 is 56.6 Å². The van der Waals surface area contributed by atoms with E-state index in [2.05, 4.69) is 15.4 Å². The van der Waals surface area contributed by atoms with Gasteiger partial charge in [0.15, 0.2) is 0 Å². The van der Waals surface area contributed by atoms with Gasteiger partial charge in [-0.1, -0.05) is 0 Å². The van der Waals surface area contributed by atoms with Gasteiger partial charge in [-0.2, -0.15) is 0 Å². The van der Waals surface area contributed by atoms with E-state index < -0.39 is 0 Å². The third kappa shape index (κ3) is 2.56. The molecular weight excluding hydrogens is 117 g/mol. The van der Waals surface area contributed by atoms with Gasteiger partial charge in [0.25, 0.3) is 0 Å². The molecule has 0 spiro atoms. The summed E-state index contributed by atoms with van der Waals surface area (Å²) in [6, 6.07) is 0. The number of aryl methyl sites for hydroxylation is 1. The van der Waals surface area contributed by atoms with E-state index in [9.17, 15) is 0 Å². The molecule has 0 saturated carbocycles. The number of rotatable bonds is 0. The summed E-state index contributed by atoms with van der Waals surface area (Å²) in [5.41, 5.74) is 0.870. The minimum Gasteiger partial charge on any atom is -0.493 e. The smallest absolute Gasteiger partial charge is 0.493 e. The molecule has 0 aliphatic heterocycles. The summed E-state index contributed by atoms with van der Waals surface area (Å²) in [6.45, 7) is 1.85. The molecule has 1 rings (SSSR count). The van der Waals surface area contributed by atoms with Crippen LogP contribution in [0.3, 0.4) is 0 Å². The van der Waals surface area contributed by atoms with Gasteiger partial charge in [0.1, 0.15) is 0 Å². The van der Waals surface area contributed by atoms with Crippen LogP contribution in [0.1, 0.15) is 5.69 Å². The molecule has 0 saturated heterocycles. The first kappa shape index (κ1) is 7.78. The normalized spacial score (nSPS) is 7.57. The second-order valence-electron chi connectivity index (χ2n) is 1.08. The van der Waals surface area contributed by atoms with Crippen molar-refractivity contribution in [3.05, 3.63) is 11.9 Å². The van der Waals surface area contributed by atoms with E-state index in [1.165, 1.54) is 0 Å². The van der Waals surface area contributed by atoms with Crippen molar-refractivity contribution in [1.82, 2.24) is 15.4 Å². The van der Waals surface area contributed by atoms with Gasteiger partial charge in [0.2, 0.25) is 0 Å². The third-order valence-electron chi connectivity index (χ3n) is 0.499. The summed E-state index contributed by atoms with van der Waals surface area (Å²) in [6.07, 6.45) is 1.61. The Labute approximate surface area is 84.3 Å². The number of nitrogens with zero attached hydrogens (tertiary/aromatic N) is 3. The van der Waals surface area contributed by atoms with Gasteiger partial charge >= 0.3 is 51.4 Å². The first-order valence-corrected chi connectivity index (χ1v) is 1.67. The van der Waals surface area contributed by atoms with Crippen LogP contribution in [0.2, 0.25) is 0 Å². The van der Waals surface area contributed by atoms with Crippen molar-refractivity contribution in [2.45, 2.75) is 6.92 Å². The fourth-order valence-electron chi connectivity index (χ4n) is 0.232. The first-order valence-electron chi connectivity index (χ1n) is 1.67. The van der Waals surface area contributed by atoms with Crippen LogP contribution in [-0.2, 0) is 0 Å². The average Bonchev–Trinajstić information content (AvgIpc) is 1.86. The largest absolute Gasteiger partial charge is 1.00 e. The van der Waals surface area contributed by atoms with E-state index in [1.807, 2.05) is 6.92 Å². The molecule has 0 bridgehead atoms. The van der Waals surface area contributed by atoms with Crippen LogP contribution in [0.5, 0.6) is 0 Å². The van der Waals surface area contributed by atoms with Gasteiger partial charge in [-0.3, -0.25) is 0 Å². The van der Waals surface area contributed by atoms with Crippen LogP contribution in [0.4, 0.5) is 0 Å². The molecule has 4 heteroatoms. The van der Waals surface area contributed by atoms with Crippen LogP contribution in [-0.4, -0.2) is 10.2 Å². The maximum absolute atomic E-state index is 3.56. The molecule has 1 aromatic heterocycles. The molecule has 0 atom stereocenters. The summed E-state index contributed by atoms with van der Waals surface area (Å²) < 4.78 is 0. The average molecular weight is 121 g/mol. The maximum atomic E-state index is 3.56. The summed E-state index contributed by atoms with van der Waals surface area (Å²) in [5.74, 6) is 0. The fourth-order valence-corrected chi connectivity index (χ4v) is 0.232. The minimum atomic E-state index is 0. The molecule has 0 amide bonds. The molecule has 0 aliphatic carbocycles. The molecule has 7 heavy (non-hydrogen) atoms. The number of hydrogen-bond donors (Lipinski definition) is 0. The van der Waals surface area contributed by atoms with E-state index >= 15 is 0 Å². The summed E-state index contributed by atoms with van der Waals surface area (Å²) in [5, 5.41) is 10.3. The fraction of sp³-hybridized carbons (Fsp3) is 0.333. The summed E-state index contributed by atoms with van der Waals surface area (Å²) in [7, 11) is 0. The maximum Gasteiger partial charge on any atom is 1.00 e. The van der Waals surface area contributed by atoms with Crippen molar-refractivity contribution >= 4 is 0 Å². The molecular formula is C3H4KN3. The summed E-state index contributed by atoms with van der Waals surface area (Å²) in [4.78, 5) is 0. The standard InChI is InChI=1S/C3H4N3.K/c1-3-2-4-6-5-3;/h2H,1H3;/q-1;+1. The molecule has 3 nitrogen and oxygen atoms in total. The molecule has 0 fully saturated rings. The molecule has 32 valence electrons. The zero-order valence-corrected chi connectivity index (χ0v) is 7.54. The molecule has 1 aromatic rings. The molecule has 0 radical (unpaired) electrons. The Morgan fingerprint density at radius 3 is 2.57 bits per heavy atom. The monoisotopic (exact) mass is 121 g/mol. The van der Waals surface area contributed by atoms with E-state index in [4.69, 9.17) is 0 Å². The van der Waals surface area contributed by atoms with E-state index in [0.717, 1.165) is 5.69 Å². The van der Waals surface area contributed by atoms with Gasteiger partial charge in [0, 0.05) is 11.9 Å². The van der Waals surface area contributed by atoms with Crippen molar-refractivity contribution in [2.24, 2.45) is 0 Å². The number of hydrogen-bond acceptors (Lipinski definition) is 2. The van der Waals surface area contributed by atoms with Gasteiger partial charge in [-0.25, -0.2) is 0 Å². The van der Waals surface area contributed by atoms with Crippen molar-refractivity contribution < 1.29 is 51.4 Å². The molecule has 0 aromatic carbocycles. The van der Waals surface area contributed by atoms with Crippen LogP contribution >= 0.6 is 0 Å². The van der Waals surface area contributed by atoms with Gasteiger partial charge in [0.05, 0.1) is 0 Å². The Hall–Kier alpha value is 0.776. The predicted octanol–water partition coefficient (Wildman–Crippen LogP) is -3.25. The Balaban J connectivity index is 0.000000360. The second kappa shape index (κ2) is 3.74. The quantitative estimate of drug-likeness (QED) is 0.338. The molecule has 0 aliphatic rings. The molecule has 0 unspecified atom stereocenters. The second-order valence-corrected chi connectivity index (χ2v) is 1.08. The zero-order chi connectivity index (χ0) is 4.41. The minimum absolute atomic E-state index is 0. The van der Waals surface area contributed by atoms with Crippen LogP contribution in [0.15, 0.2) is 6.20 Å². The summed E-state index contributed by atoms with van der Waals surface area (Å²) >= 11 is 0. The zero-order valence-electron chi connectivity index (χ0n) is 4.42. The number of aromatic nitrogens is 3. The van der Waals surface area contributed by atoms with E-state index in [1.54, 1.807) is 6.20 Å². The first-order chi connectivity index (χ1) is 2.89. The van der Waals surface area contributed by atoms with Crippen LogP contribution in [0, 0.1) is 6.92 Å². The van der Waals surface area contributed by atoms with Gasteiger partial charge < -0.3 is 15.4 Å². The Kier molecular flexibility index (Phi) is 4.15. The van der Waals surface area contributed by atoms with Crippen molar-refractivity contribution in [3.63, 3.8) is 0 Å². The topological polar surface area (TPSA) is 39.9 Å². The van der Waals surface area contributed by atoms with E-state index in [0.29, 0.717) is 0 Å². The van der Waals surface area contributed by atoms with Crippen LogP contribution in [0.25, 0.3) is 0 Å². The van der Waals surface area contributed by atoms with E-state index in [-0.39, 0.29) is 51.4 Å². The molecule has 1 heterocycles. The van der Waals surface area contributed by atoms with Crippen molar-refractivity contribution in [3.8, 4) is 0 Å².